The fourth-order valence-electron chi connectivity index (χ4n) is 30.7. The number of phenolic OH excluding ortho intramolecular Hbond substituents is 1. The van der Waals surface area contributed by atoms with Gasteiger partial charge in [-0.3, -0.25) is 19.2 Å². The molecule has 33 heteroatoms. The fourth-order valence-corrected chi connectivity index (χ4v) is 30.7. The molecule has 4 aromatic rings. The number of phenols is 1. The predicted molar refractivity (Wildman–Crippen MR) is 513 cm³/mol. The van der Waals surface area contributed by atoms with Gasteiger partial charge in [-0.2, -0.15) is 12.6 Å². The number of likely N-dealkylation sites (N-methyl/N-ethyl adjacent to an activating group) is 4. The number of rotatable bonds is 14. The number of aliphatic hydroxyl groups is 2. The lowest BCUT2D eigenvalue weighted by molar-refractivity contribution is -0.215. The number of nitrogens with zero attached hydrogens (tertiary/aromatic N) is 8. The lowest BCUT2D eigenvalue weighted by Crippen LogP contribution is -2.80. The van der Waals surface area contributed by atoms with Crippen molar-refractivity contribution in [2.75, 3.05) is 124 Å². The van der Waals surface area contributed by atoms with E-state index in [1.807, 2.05) is 92.6 Å². The van der Waals surface area contributed by atoms with Gasteiger partial charge in [0.2, 0.25) is 53.3 Å². The normalized spacial score (nSPS) is 39.5. The van der Waals surface area contributed by atoms with E-state index in [1.165, 1.54) is 45.4 Å². The number of piperidine rings is 4. The maximum absolute atomic E-state index is 13.6. The van der Waals surface area contributed by atoms with Crippen molar-refractivity contribution in [3.8, 4) is 46.0 Å². The van der Waals surface area contributed by atoms with Gasteiger partial charge < -0.3 is 96.8 Å². The Labute approximate surface area is 793 Å². The van der Waals surface area contributed by atoms with Gasteiger partial charge in [-0.15, -0.1) is 47.3 Å². The lowest BCUT2D eigenvalue weighted by atomic mass is 9.37. The second-order valence-corrected chi connectivity index (χ2v) is 47.1. The first kappa shape index (κ1) is 92.0. The van der Waals surface area contributed by atoms with Crippen molar-refractivity contribution in [1.29, 1.82) is 0 Å². The van der Waals surface area contributed by atoms with Gasteiger partial charge in [-0.05, 0) is 218 Å². The van der Waals surface area contributed by atoms with Crippen LogP contribution >= 0.6 is 59.9 Å². The van der Waals surface area contributed by atoms with Crippen LogP contribution in [0.2, 0.25) is 27.3 Å². The molecule has 4 saturated heterocycles. The first-order valence-electron chi connectivity index (χ1n) is 46.2. The molecule has 16 aliphatic carbocycles. The van der Waals surface area contributed by atoms with Crippen molar-refractivity contribution >= 4 is 116 Å². The molecular weight excluding hydrogens is 1850 g/mol. The molecule has 16 bridgehead atoms. The molecular formula is C96H122B5Br3N8O16S. The Balaban J connectivity index is 0.000000109. The first-order valence-corrected chi connectivity index (χ1v) is 49.5. The maximum Gasteiger partial charge on any atom is 0.369 e. The summed E-state index contributed by atoms with van der Waals surface area (Å²) in [5.41, 5.74) is 3.83. The first-order chi connectivity index (χ1) is 61.6. The zero-order valence-electron chi connectivity index (χ0n) is 77.6. The van der Waals surface area contributed by atoms with E-state index in [9.17, 15) is 34.5 Å². The van der Waals surface area contributed by atoms with Gasteiger partial charge in [0.1, 0.15) is 46.8 Å². The second-order valence-electron chi connectivity index (χ2n) is 40.2. The van der Waals surface area contributed by atoms with Gasteiger partial charge in [0, 0.05) is 82.3 Å². The van der Waals surface area contributed by atoms with E-state index < -0.39 is 51.9 Å². The van der Waals surface area contributed by atoms with Crippen LogP contribution in [0.15, 0.2) is 97.1 Å². The number of methoxy groups -OCH3 is 5. The van der Waals surface area contributed by atoms with E-state index in [-0.39, 0.29) is 107 Å². The Kier molecular flexibility index (Phi) is 22.8. The van der Waals surface area contributed by atoms with Crippen LogP contribution in [0.4, 0.5) is 0 Å². The Morgan fingerprint density at radius 1 is 0.434 bits per heavy atom. The highest BCUT2D eigenvalue weighted by molar-refractivity contribution is 9.69. The number of halogens is 3. The molecule has 4 aromatic carbocycles. The van der Waals surface area contributed by atoms with E-state index in [1.54, 1.807) is 89.8 Å². The largest absolute Gasteiger partial charge is 0.504 e. The predicted octanol–water partition coefficient (Wildman–Crippen LogP) is 10.0. The molecule has 3 N–H and O–H groups in total. The van der Waals surface area contributed by atoms with Crippen molar-refractivity contribution in [2.45, 2.75) is 210 Å². The highest BCUT2D eigenvalue weighted by Gasteiger charge is 2.85. The molecule has 8 aliphatic heterocycles. The van der Waals surface area contributed by atoms with Gasteiger partial charge in [-0.25, -0.2) is 0 Å². The van der Waals surface area contributed by atoms with Crippen molar-refractivity contribution in [1.82, 2.24) is 38.8 Å². The standard InChI is InChI=1S/2C24H30BN2O4.C23H28BN2O4.C22H26BN2O4.C3H8S.BBr3/c2*1-25-27(3)20(28)15-13-22-8-9-24(15,30-5)21-23(22)10-11-26(2)17(22)12-14-6-7-16(29-4)19(31-21)18(14)23;1-24-26(3)19(27)14-12-21-7-8-23(14,28)20-22(21)9-10-25(2)16(21)11-13-5-6-15(29-4)18(30-20)17(13)22;1-23-25(3)18(27)13-11-20-6-7-22(13,28)19-21(20)8-9-24(2)15(20)10-12-4-5-14(26)17(29-19)16(12)21;1-2-3-4;2-1(3)4/h2*6-9,15,17,21H,10-13H2,1-5H3;5-8,14,16,20,28H,9-12H2,1-4H3;4-7,13,15,19,26,28H,8-11H2,1-3H3;4H,2-3H2,1H3;/t2*15-,17-,21?,22-,23+,24-;14-,16-,20?,21-,22+,23-;13-,15-,19?,20-,21+,22-;;/m1111../s1. The number of carbonyl (C=O) groups is 4. The van der Waals surface area contributed by atoms with Crippen LogP contribution in [0.1, 0.15) is 109 Å². The molecule has 684 valence electrons. The van der Waals surface area contributed by atoms with E-state index in [0.717, 1.165) is 136 Å². The summed E-state index contributed by atoms with van der Waals surface area (Å²) in [6.07, 6.45) is 27.1. The molecule has 8 spiro atoms. The molecule has 24 nitrogen and oxygen atoms in total. The summed E-state index contributed by atoms with van der Waals surface area (Å²) in [5.74, 6) is 4.83. The molecule has 4 amide bonds. The summed E-state index contributed by atoms with van der Waals surface area (Å²) in [7, 11) is 31.7. The number of hydrogen-bond acceptors (Lipinski definition) is 21. The number of fused-ring (bicyclic) bond motifs is 4. The number of hydrogen-bond donors (Lipinski definition) is 4. The van der Waals surface area contributed by atoms with E-state index in [4.69, 9.17) is 42.6 Å². The third kappa shape index (κ3) is 11.5. The Morgan fingerprint density at radius 2 is 0.690 bits per heavy atom. The summed E-state index contributed by atoms with van der Waals surface area (Å²) in [4.78, 5) is 70.4. The number of amides is 4. The molecule has 129 heavy (non-hydrogen) atoms. The van der Waals surface area contributed by atoms with Gasteiger partial charge >= 0.3 is 3.18 Å². The van der Waals surface area contributed by atoms with Crippen molar-refractivity contribution < 1.29 is 77.1 Å². The maximum atomic E-state index is 13.6. The van der Waals surface area contributed by atoms with Crippen LogP contribution in [-0.4, -0.2) is 305 Å². The summed E-state index contributed by atoms with van der Waals surface area (Å²) < 4.78 is 56.8. The average Bonchev–Trinajstić information content (AvgIpc) is 1.56. The molecule has 4 saturated carbocycles. The van der Waals surface area contributed by atoms with E-state index in [0.29, 0.717) is 30.7 Å². The minimum Gasteiger partial charge on any atom is -0.504 e. The summed E-state index contributed by atoms with van der Waals surface area (Å²) in [6.45, 7) is 13.5. The second kappa shape index (κ2) is 32.0. The quantitative estimate of drug-likeness (QED) is 0.0522. The van der Waals surface area contributed by atoms with Crippen LogP contribution in [0.25, 0.3) is 0 Å². The third-order valence-electron chi connectivity index (χ3n) is 36.6. The summed E-state index contributed by atoms with van der Waals surface area (Å²) in [6, 6.07) is 17.6. The average molecular weight is 1970 g/mol. The SMILES string of the molecule is BrB(Br)Br.CCCS.C[B]N(C)C(=O)[C@H]1C[C@@]23C=C[C@]1(O)C1Oc4c(O)ccc5c4[C@@]12CCN(C)[C@@H]3C5.C[B]N(C)C(=O)[C@H]1C[C@@]23C=C[C@]1(O)C1Oc4c(OC)ccc5c4[C@@]12CCN(C)[C@@H]3C5.C[B]N(C)C(=O)[C@H]1C[C@@]23C=C[C@]1(OC)C1Oc4c(OC)ccc5c4[C@@]12CCN(C)[C@@H]3C5.C[B]N(C)C(=O)[C@H]1C[C@@]23C=C[C@]1(OC)C1Oc4c(OC)ccc5c4[C@@]12CCN(C)[C@@H]3C5. The van der Waals surface area contributed by atoms with Crippen molar-refractivity contribution in [3.05, 3.63) is 142 Å². The zero-order chi connectivity index (χ0) is 91.9. The van der Waals surface area contributed by atoms with Gasteiger partial charge in [0.25, 0.3) is 0 Å². The number of thiol groups is 1. The van der Waals surface area contributed by atoms with Crippen molar-refractivity contribution in [3.63, 3.8) is 0 Å². The number of benzene rings is 4. The lowest BCUT2D eigenvalue weighted by Gasteiger charge is -2.70. The molecule has 8 fully saturated rings. The van der Waals surface area contributed by atoms with Gasteiger partial charge in [0.05, 0.1) is 66.7 Å². The summed E-state index contributed by atoms with van der Waals surface area (Å²) >= 11 is 13.2. The molecule has 24 aliphatic rings. The third-order valence-corrected chi connectivity index (χ3v) is 37.1. The highest BCUT2D eigenvalue weighted by atomic mass is 79.9. The number of likely N-dealkylation sites (tertiary alicyclic amines) is 4. The molecule has 4 unspecified atom stereocenters. The number of aromatic hydroxyl groups is 1. The van der Waals surface area contributed by atoms with Gasteiger partial charge in [0.15, 0.2) is 46.0 Å². The molecule has 0 aromatic heterocycles. The van der Waals surface area contributed by atoms with Crippen molar-refractivity contribution in [2.24, 2.45) is 45.3 Å². The molecule has 4 radical (unpaired) electrons. The Hall–Kier alpha value is -6.09. The zero-order valence-corrected chi connectivity index (χ0v) is 83.2. The monoisotopic (exact) mass is 1970 g/mol. The van der Waals surface area contributed by atoms with Crippen LogP contribution in [0, 0.1) is 45.3 Å². The Bertz CT molecular complexity index is 5240. The van der Waals surface area contributed by atoms with Crippen LogP contribution < -0.4 is 33.2 Å². The molecule has 8 heterocycles. The minimum absolute atomic E-state index is 0.0448. The fraction of sp³-hybridized carbons (Fsp3) is 0.625. The topological polar surface area (TPSA) is 238 Å². The van der Waals surface area contributed by atoms with Crippen LogP contribution in [0.3, 0.4) is 0 Å². The van der Waals surface area contributed by atoms with E-state index >= 15 is 0 Å². The van der Waals surface area contributed by atoms with Gasteiger partial charge in [-0.1, -0.05) is 107 Å². The van der Waals surface area contributed by atoms with Crippen LogP contribution in [-0.2, 0) is 76.0 Å². The highest BCUT2D eigenvalue weighted by Crippen LogP contribution is 2.80. The Morgan fingerprint density at radius 3 is 0.977 bits per heavy atom. The number of carbonyl (C=O) groups excluding carboxylic acids is 4. The van der Waals surface area contributed by atoms with E-state index in [2.05, 4.69) is 169 Å². The summed E-state index contributed by atoms with van der Waals surface area (Å²) in [5, 5.41) is 34.6. The minimum atomic E-state index is -1.39. The smallest absolute Gasteiger partial charge is 0.369 e. The van der Waals surface area contributed by atoms with Crippen LogP contribution in [0.5, 0.6) is 46.0 Å². The molecule has 24 atom stereocenters. The number of ether oxygens (including phenoxy) is 9. The molecule has 28 rings (SSSR count).